The molecule has 1 N–H and O–H groups in total. The van der Waals surface area contributed by atoms with Crippen LogP contribution in [0.3, 0.4) is 0 Å². The molecule has 17 heavy (non-hydrogen) atoms. The number of aliphatic hydroxyl groups excluding tert-OH is 1. The maximum atomic E-state index is 11.4. The SMILES string of the molecule is C=C(C)C(=O)OCCN(CCO)C(=O)OCC. The summed E-state index contributed by atoms with van der Waals surface area (Å²) in [5.74, 6) is -0.502. The lowest BCUT2D eigenvalue weighted by Gasteiger charge is -2.20. The monoisotopic (exact) mass is 245 g/mol. The fourth-order valence-corrected chi connectivity index (χ4v) is 1.00. The predicted octanol–water partition coefficient (Wildman–Crippen LogP) is 0.556. The van der Waals surface area contributed by atoms with Gasteiger partial charge in [-0.05, 0) is 13.8 Å². The third-order valence-corrected chi connectivity index (χ3v) is 1.84. The topological polar surface area (TPSA) is 76.1 Å². The van der Waals surface area contributed by atoms with Crippen LogP contribution in [-0.4, -0.2) is 55.0 Å². The second-order valence-electron chi connectivity index (χ2n) is 3.33. The maximum absolute atomic E-state index is 11.4. The van der Waals surface area contributed by atoms with Crippen molar-refractivity contribution in [1.29, 1.82) is 0 Å². The quantitative estimate of drug-likeness (QED) is 0.524. The van der Waals surface area contributed by atoms with Gasteiger partial charge in [-0.1, -0.05) is 6.58 Å². The summed E-state index contributed by atoms with van der Waals surface area (Å²) in [6.07, 6.45) is -0.534. The molecule has 0 aromatic heterocycles. The summed E-state index contributed by atoms with van der Waals surface area (Å²) in [5, 5.41) is 8.78. The number of nitrogens with zero attached hydrogens (tertiary/aromatic N) is 1. The molecule has 0 rings (SSSR count). The molecule has 0 heterocycles. The Morgan fingerprint density at radius 1 is 1.29 bits per heavy atom. The zero-order valence-electron chi connectivity index (χ0n) is 10.3. The van der Waals surface area contributed by atoms with Gasteiger partial charge in [0.15, 0.2) is 0 Å². The standard InChI is InChI=1S/C11H19NO5/c1-4-16-11(15)12(5-7-13)6-8-17-10(14)9(2)3/h13H,2,4-8H2,1,3H3. The highest BCUT2D eigenvalue weighted by Crippen LogP contribution is 1.96. The van der Waals surface area contributed by atoms with Crippen LogP contribution >= 0.6 is 0 Å². The Morgan fingerprint density at radius 2 is 1.94 bits per heavy atom. The number of amides is 1. The minimum Gasteiger partial charge on any atom is -0.460 e. The predicted molar refractivity (Wildman–Crippen MR) is 61.5 cm³/mol. The van der Waals surface area contributed by atoms with Crippen molar-refractivity contribution in [3.63, 3.8) is 0 Å². The van der Waals surface area contributed by atoms with Crippen molar-refractivity contribution in [2.24, 2.45) is 0 Å². The molecule has 1 amide bonds. The van der Waals surface area contributed by atoms with E-state index in [-0.39, 0.29) is 32.9 Å². The Labute approximate surface area is 101 Å². The van der Waals surface area contributed by atoms with Gasteiger partial charge < -0.3 is 19.5 Å². The average molecular weight is 245 g/mol. The summed E-state index contributed by atoms with van der Waals surface area (Å²) in [5.41, 5.74) is 0.301. The summed E-state index contributed by atoms with van der Waals surface area (Å²) < 4.78 is 9.62. The molecule has 0 fully saturated rings. The number of esters is 1. The lowest BCUT2D eigenvalue weighted by molar-refractivity contribution is -0.139. The summed E-state index contributed by atoms with van der Waals surface area (Å²) in [6.45, 7) is 7.12. The molecule has 0 spiro atoms. The van der Waals surface area contributed by atoms with Gasteiger partial charge >= 0.3 is 12.1 Å². The van der Waals surface area contributed by atoms with Crippen molar-refractivity contribution < 1.29 is 24.2 Å². The first-order valence-corrected chi connectivity index (χ1v) is 5.38. The first kappa shape index (κ1) is 15.4. The van der Waals surface area contributed by atoms with E-state index in [1.54, 1.807) is 13.8 Å². The number of carbonyl (C=O) groups excluding carboxylic acids is 2. The molecule has 6 nitrogen and oxygen atoms in total. The maximum Gasteiger partial charge on any atom is 0.409 e. The van der Waals surface area contributed by atoms with Gasteiger partial charge in [0.2, 0.25) is 0 Å². The average Bonchev–Trinajstić information content (AvgIpc) is 2.27. The van der Waals surface area contributed by atoms with Crippen LogP contribution in [0.15, 0.2) is 12.2 Å². The van der Waals surface area contributed by atoms with E-state index in [0.29, 0.717) is 5.57 Å². The van der Waals surface area contributed by atoms with Crippen LogP contribution in [-0.2, 0) is 14.3 Å². The number of ether oxygens (including phenoxy) is 2. The highest BCUT2D eigenvalue weighted by molar-refractivity contribution is 5.86. The van der Waals surface area contributed by atoms with Crippen LogP contribution in [0.5, 0.6) is 0 Å². The van der Waals surface area contributed by atoms with Gasteiger partial charge in [0.05, 0.1) is 19.8 Å². The normalized spacial score (nSPS) is 9.59. The molecule has 6 heteroatoms. The molecule has 0 atom stereocenters. The van der Waals surface area contributed by atoms with Gasteiger partial charge in [-0.15, -0.1) is 0 Å². The van der Waals surface area contributed by atoms with E-state index in [2.05, 4.69) is 6.58 Å². The summed E-state index contributed by atoms with van der Waals surface area (Å²) in [7, 11) is 0. The Morgan fingerprint density at radius 3 is 2.41 bits per heavy atom. The van der Waals surface area contributed by atoms with Gasteiger partial charge in [-0.3, -0.25) is 0 Å². The first-order valence-electron chi connectivity index (χ1n) is 5.38. The largest absolute Gasteiger partial charge is 0.460 e. The van der Waals surface area contributed by atoms with E-state index in [4.69, 9.17) is 14.6 Å². The van der Waals surface area contributed by atoms with Crippen LogP contribution in [0.4, 0.5) is 4.79 Å². The highest BCUT2D eigenvalue weighted by Gasteiger charge is 2.14. The van der Waals surface area contributed by atoms with Crippen molar-refractivity contribution in [2.75, 3.05) is 32.9 Å². The van der Waals surface area contributed by atoms with E-state index >= 15 is 0 Å². The van der Waals surface area contributed by atoms with Gasteiger partial charge in [0, 0.05) is 12.1 Å². The number of carbonyl (C=O) groups is 2. The Kier molecular flexibility index (Phi) is 7.79. The van der Waals surface area contributed by atoms with Crippen molar-refractivity contribution in [3.8, 4) is 0 Å². The molecule has 0 radical (unpaired) electrons. The van der Waals surface area contributed by atoms with Crippen molar-refractivity contribution in [2.45, 2.75) is 13.8 Å². The number of rotatable bonds is 7. The molecule has 0 saturated carbocycles. The van der Waals surface area contributed by atoms with Crippen LogP contribution in [0.25, 0.3) is 0 Å². The lowest BCUT2D eigenvalue weighted by Crippen LogP contribution is -2.37. The van der Waals surface area contributed by atoms with Crippen molar-refractivity contribution >= 4 is 12.1 Å². The third kappa shape index (κ3) is 6.57. The Balaban J connectivity index is 4.04. The van der Waals surface area contributed by atoms with Crippen LogP contribution < -0.4 is 0 Å². The molecule has 98 valence electrons. The number of aliphatic hydroxyl groups is 1. The summed E-state index contributed by atoms with van der Waals surface area (Å²) in [6, 6.07) is 0. The molecule has 0 aliphatic carbocycles. The second kappa shape index (κ2) is 8.58. The molecule has 0 bridgehead atoms. The molecular weight excluding hydrogens is 226 g/mol. The molecule has 0 saturated heterocycles. The summed E-state index contributed by atoms with van der Waals surface area (Å²) >= 11 is 0. The van der Waals surface area contributed by atoms with E-state index < -0.39 is 12.1 Å². The molecule has 0 aliphatic rings. The molecule has 0 aromatic carbocycles. The minimum atomic E-state index is -0.534. The zero-order valence-corrected chi connectivity index (χ0v) is 10.3. The molecule has 0 unspecified atom stereocenters. The third-order valence-electron chi connectivity index (χ3n) is 1.84. The Bertz CT molecular complexity index is 277. The lowest BCUT2D eigenvalue weighted by atomic mass is 10.4. The summed E-state index contributed by atoms with van der Waals surface area (Å²) in [4.78, 5) is 23.7. The second-order valence-corrected chi connectivity index (χ2v) is 3.33. The van der Waals surface area contributed by atoms with Crippen LogP contribution in [0, 0.1) is 0 Å². The van der Waals surface area contributed by atoms with Crippen LogP contribution in [0.1, 0.15) is 13.8 Å². The Hall–Kier alpha value is -1.56. The fourth-order valence-electron chi connectivity index (χ4n) is 1.00. The smallest absolute Gasteiger partial charge is 0.409 e. The van der Waals surface area contributed by atoms with Gasteiger partial charge in [0.1, 0.15) is 6.61 Å². The van der Waals surface area contributed by atoms with Crippen LogP contribution in [0.2, 0.25) is 0 Å². The van der Waals surface area contributed by atoms with Gasteiger partial charge in [-0.25, -0.2) is 9.59 Å². The molecular formula is C11H19NO5. The zero-order chi connectivity index (χ0) is 13.3. The first-order chi connectivity index (χ1) is 8.02. The molecule has 0 aromatic rings. The van der Waals surface area contributed by atoms with Crippen molar-refractivity contribution in [3.05, 3.63) is 12.2 Å². The van der Waals surface area contributed by atoms with Crippen molar-refractivity contribution in [1.82, 2.24) is 4.90 Å². The van der Waals surface area contributed by atoms with E-state index in [1.165, 1.54) is 4.90 Å². The number of hydrogen-bond donors (Lipinski definition) is 1. The van der Waals surface area contributed by atoms with E-state index in [1.807, 2.05) is 0 Å². The van der Waals surface area contributed by atoms with E-state index in [0.717, 1.165) is 0 Å². The van der Waals surface area contributed by atoms with E-state index in [9.17, 15) is 9.59 Å². The fraction of sp³-hybridized carbons (Fsp3) is 0.636. The minimum absolute atomic E-state index is 0.0461. The van der Waals surface area contributed by atoms with Gasteiger partial charge in [0.25, 0.3) is 0 Å². The van der Waals surface area contributed by atoms with Gasteiger partial charge in [-0.2, -0.15) is 0 Å². The number of hydrogen-bond acceptors (Lipinski definition) is 5. The molecule has 0 aliphatic heterocycles. The highest BCUT2D eigenvalue weighted by atomic mass is 16.6.